The summed E-state index contributed by atoms with van der Waals surface area (Å²) in [6, 6.07) is 15.5. The number of hydrogen-bond acceptors (Lipinski definition) is 6. The highest BCUT2D eigenvalue weighted by atomic mass is 16.5. The van der Waals surface area contributed by atoms with Crippen molar-refractivity contribution in [2.45, 2.75) is 19.4 Å². The fourth-order valence-corrected chi connectivity index (χ4v) is 4.46. The maximum atomic E-state index is 12.5. The maximum Gasteiger partial charge on any atom is 0.257 e. The third-order valence-corrected chi connectivity index (χ3v) is 6.47. The lowest BCUT2D eigenvalue weighted by Gasteiger charge is -2.28. The van der Waals surface area contributed by atoms with Gasteiger partial charge in [0, 0.05) is 57.9 Å². The normalized spacial score (nSPS) is 16.3. The lowest BCUT2D eigenvalue weighted by Crippen LogP contribution is -2.41. The maximum absolute atomic E-state index is 12.5. The van der Waals surface area contributed by atoms with Crippen molar-refractivity contribution in [3.63, 3.8) is 0 Å². The molecule has 0 spiro atoms. The molecule has 2 amide bonds. The van der Waals surface area contributed by atoms with Gasteiger partial charge in [0.1, 0.15) is 5.75 Å². The van der Waals surface area contributed by atoms with Gasteiger partial charge in [-0.1, -0.05) is 30.3 Å². The Morgan fingerprint density at radius 2 is 1.71 bits per heavy atom. The molecule has 2 N–H and O–H groups in total. The minimum Gasteiger partial charge on any atom is -0.484 e. The molecule has 2 aliphatic heterocycles. The Hall–Kier alpha value is -2.94. The third-order valence-electron chi connectivity index (χ3n) is 6.47. The van der Waals surface area contributed by atoms with Crippen molar-refractivity contribution < 1.29 is 19.1 Å². The number of carbonyl (C=O) groups excluding carboxylic acids is 2. The molecule has 188 valence electrons. The van der Waals surface area contributed by atoms with E-state index in [4.69, 9.17) is 9.47 Å². The summed E-state index contributed by atoms with van der Waals surface area (Å²) >= 11 is 0. The second kappa shape index (κ2) is 13.2. The summed E-state index contributed by atoms with van der Waals surface area (Å²) in [6.45, 7) is 8.20. The van der Waals surface area contributed by atoms with E-state index in [2.05, 4.69) is 44.7 Å². The van der Waals surface area contributed by atoms with Crippen LogP contribution in [0.4, 0.5) is 0 Å². The number of fused-ring (bicyclic) bond motifs is 1. The first-order valence-corrected chi connectivity index (χ1v) is 12.5. The van der Waals surface area contributed by atoms with Gasteiger partial charge in [0.25, 0.3) is 11.8 Å². The number of morpholine rings is 1. The lowest BCUT2D eigenvalue weighted by atomic mass is 10.00. The largest absolute Gasteiger partial charge is 0.484 e. The third kappa shape index (κ3) is 8.06. The predicted octanol–water partition coefficient (Wildman–Crippen LogP) is 1.69. The van der Waals surface area contributed by atoms with E-state index in [9.17, 15) is 9.59 Å². The number of ether oxygens (including phenoxy) is 2. The molecule has 0 atom stereocenters. The topological polar surface area (TPSA) is 83.1 Å². The van der Waals surface area contributed by atoms with Crippen LogP contribution in [0.2, 0.25) is 0 Å². The summed E-state index contributed by atoms with van der Waals surface area (Å²) in [6.07, 6.45) is 1.98. The molecule has 2 aromatic rings. The van der Waals surface area contributed by atoms with Crippen molar-refractivity contribution in [1.29, 1.82) is 0 Å². The highest BCUT2D eigenvalue weighted by molar-refractivity contribution is 5.94. The number of benzene rings is 2. The molecule has 0 aromatic heterocycles. The molecule has 1 fully saturated rings. The quantitative estimate of drug-likeness (QED) is 0.477. The van der Waals surface area contributed by atoms with Gasteiger partial charge in [-0.05, 0) is 42.2 Å². The van der Waals surface area contributed by atoms with Crippen molar-refractivity contribution >= 4 is 11.8 Å². The standard InChI is InChI=1S/C27H36N4O4/c32-26(28-10-4-12-31-13-9-22-5-1-2-6-24(22)20-31)21-35-25-8-3-7-23(19-25)27(33)29-11-14-30-15-17-34-18-16-30/h1-3,5-8,19H,4,9-18,20-21H2,(H,28,32)(H,29,33). The lowest BCUT2D eigenvalue weighted by molar-refractivity contribution is -0.123. The number of nitrogens with one attached hydrogen (secondary N) is 2. The van der Waals surface area contributed by atoms with E-state index in [-0.39, 0.29) is 18.4 Å². The summed E-state index contributed by atoms with van der Waals surface area (Å²) in [4.78, 5) is 29.4. The molecule has 4 rings (SSSR count). The molecule has 1 saturated heterocycles. The van der Waals surface area contributed by atoms with Crippen LogP contribution in [0.25, 0.3) is 0 Å². The minimum absolute atomic E-state index is 0.0702. The SMILES string of the molecule is O=C(COc1cccc(C(=O)NCCN2CCOCC2)c1)NCCCN1CCc2ccccc2C1. The second-order valence-corrected chi connectivity index (χ2v) is 9.02. The molecule has 2 heterocycles. The Bertz CT molecular complexity index is 977. The van der Waals surface area contributed by atoms with E-state index >= 15 is 0 Å². The predicted molar refractivity (Wildman–Crippen MR) is 135 cm³/mol. The van der Waals surface area contributed by atoms with E-state index in [1.807, 2.05) is 0 Å². The molecule has 0 unspecified atom stereocenters. The van der Waals surface area contributed by atoms with Gasteiger partial charge < -0.3 is 20.1 Å². The van der Waals surface area contributed by atoms with Crippen LogP contribution >= 0.6 is 0 Å². The van der Waals surface area contributed by atoms with Gasteiger partial charge in [-0.15, -0.1) is 0 Å². The van der Waals surface area contributed by atoms with Crippen LogP contribution in [0.1, 0.15) is 27.9 Å². The molecule has 35 heavy (non-hydrogen) atoms. The average Bonchev–Trinajstić information content (AvgIpc) is 2.90. The first-order chi connectivity index (χ1) is 17.2. The molecular weight excluding hydrogens is 444 g/mol. The zero-order valence-corrected chi connectivity index (χ0v) is 20.3. The fraction of sp³-hybridized carbons (Fsp3) is 0.481. The first-order valence-electron chi connectivity index (χ1n) is 12.5. The van der Waals surface area contributed by atoms with Gasteiger partial charge in [-0.3, -0.25) is 19.4 Å². The van der Waals surface area contributed by atoms with E-state index in [1.165, 1.54) is 11.1 Å². The second-order valence-electron chi connectivity index (χ2n) is 9.02. The van der Waals surface area contributed by atoms with Gasteiger partial charge in [0.2, 0.25) is 0 Å². The Kier molecular flexibility index (Phi) is 9.51. The van der Waals surface area contributed by atoms with Crippen LogP contribution in [0.3, 0.4) is 0 Å². The zero-order chi connectivity index (χ0) is 24.3. The molecule has 8 heteroatoms. The van der Waals surface area contributed by atoms with E-state index in [0.717, 1.165) is 65.3 Å². The highest BCUT2D eigenvalue weighted by Gasteiger charge is 2.15. The van der Waals surface area contributed by atoms with E-state index in [0.29, 0.717) is 24.4 Å². The molecular formula is C27H36N4O4. The number of rotatable bonds is 11. The van der Waals surface area contributed by atoms with Crippen LogP contribution in [0.15, 0.2) is 48.5 Å². The van der Waals surface area contributed by atoms with Gasteiger partial charge in [-0.25, -0.2) is 0 Å². The van der Waals surface area contributed by atoms with Crippen LogP contribution in [-0.2, 0) is 22.5 Å². The number of nitrogens with zero attached hydrogens (tertiary/aromatic N) is 2. The van der Waals surface area contributed by atoms with Gasteiger partial charge >= 0.3 is 0 Å². The molecule has 0 radical (unpaired) electrons. The summed E-state index contributed by atoms with van der Waals surface area (Å²) in [5, 5.41) is 5.87. The van der Waals surface area contributed by atoms with E-state index in [1.54, 1.807) is 24.3 Å². The van der Waals surface area contributed by atoms with Crippen molar-refractivity contribution in [1.82, 2.24) is 20.4 Å². The molecule has 0 saturated carbocycles. The van der Waals surface area contributed by atoms with E-state index < -0.39 is 0 Å². The van der Waals surface area contributed by atoms with Crippen molar-refractivity contribution in [2.24, 2.45) is 0 Å². The Labute approximate surface area is 207 Å². The van der Waals surface area contributed by atoms with Gasteiger partial charge in [0.05, 0.1) is 13.2 Å². The number of amides is 2. The molecule has 0 bridgehead atoms. The summed E-state index contributed by atoms with van der Waals surface area (Å²) in [7, 11) is 0. The Morgan fingerprint density at radius 1 is 0.886 bits per heavy atom. The van der Waals surface area contributed by atoms with Crippen LogP contribution in [0, 0.1) is 0 Å². The van der Waals surface area contributed by atoms with Gasteiger partial charge in [-0.2, -0.15) is 0 Å². The van der Waals surface area contributed by atoms with Gasteiger partial charge in [0.15, 0.2) is 6.61 Å². The number of hydrogen-bond donors (Lipinski definition) is 2. The average molecular weight is 481 g/mol. The molecule has 2 aliphatic rings. The molecule has 8 nitrogen and oxygen atoms in total. The van der Waals surface area contributed by atoms with Crippen LogP contribution in [0.5, 0.6) is 5.75 Å². The van der Waals surface area contributed by atoms with Crippen molar-refractivity contribution in [2.75, 3.05) is 65.6 Å². The summed E-state index contributed by atoms with van der Waals surface area (Å²) in [5.41, 5.74) is 3.38. The monoisotopic (exact) mass is 480 g/mol. The van der Waals surface area contributed by atoms with Crippen LogP contribution < -0.4 is 15.4 Å². The fourth-order valence-electron chi connectivity index (χ4n) is 4.46. The minimum atomic E-state index is -0.158. The Balaban J connectivity index is 1.10. The number of carbonyl (C=O) groups is 2. The molecule has 0 aliphatic carbocycles. The smallest absolute Gasteiger partial charge is 0.257 e. The van der Waals surface area contributed by atoms with Crippen molar-refractivity contribution in [3.05, 3.63) is 65.2 Å². The summed E-state index contributed by atoms with van der Waals surface area (Å²) < 4.78 is 11.0. The first kappa shape index (κ1) is 25.2. The van der Waals surface area contributed by atoms with Crippen LogP contribution in [-0.4, -0.2) is 87.2 Å². The van der Waals surface area contributed by atoms with Crippen molar-refractivity contribution in [3.8, 4) is 5.75 Å². The molecule has 2 aromatic carbocycles. The Morgan fingerprint density at radius 3 is 2.57 bits per heavy atom. The summed E-state index contributed by atoms with van der Waals surface area (Å²) in [5.74, 6) is 0.204. The zero-order valence-electron chi connectivity index (χ0n) is 20.3. The highest BCUT2D eigenvalue weighted by Crippen LogP contribution is 2.18.